The summed E-state index contributed by atoms with van der Waals surface area (Å²) in [6, 6.07) is 1.68. The van der Waals surface area contributed by atoms with E-state index in [1.54, 1.807) is 11.6 Å². The maximum Gasteiger partial charge on any atom is 0.280 e. The molecule has 2 aromatic heterocycles. The molecule has 0 spiro atoms. The molecule has 0 bridgehead atoms. The van der Waals surface area contributed by atoms with E-state index in [4.69, 9.17) is 4.52 Å². The van der Waals surface area contributed by atoms with Crippen molar-refractivity contribution in [2.75, 3.05) is 4.72 Å². The zero-order chi connectivity index (χ0) is 16.8. The molecule has 0 radical (unpaired) electrons. The summed E-state index contributed by atoms with van der Waals surface area (Å²) in [5.74, 6) is 0.902. The number of rotatable bonds is 4. The summed E-state index contributed by atoms with van der Waals surface area (Å²) in [4.78, 5) is 0. The zero-order valence-corrected chi connectivity index (χ0v) is 14.6. The van der Waals surface area contributed by atoms with E-state index in [9.17, 15) is 8.42 Å². The van der Waals surface area contributed by atoms with E-state index in [-0.39, 0.29) is 22.3 Å². The third-order valence-corrected chi connectivity index (χ3v) is 5.50. The molecule has 7 nitrogen and oxygen atoms in total. The normalized spacial score (nSPS) is 16.3. The standard InChI is InChI=1S/C15H22N4O3S/c1-10-13(15(2,3)4)22-17-14(10)18-23(20,21)12-8-9-16-19(12)11-6-5-7-11/h8-9,11H,5-7H2,1-4H3,(H,17,18). The molecule has 23 heavy (non-hydrogen) atoms. The minimum Gasteiger partial charge on any atom is -0.358 e. The Kier molecular flexibility index (Phi) is 3.74. The molecule has 0 amide bonds. The van der Waals surface area contributed by atoms with Gasteiger partial charge in [-0.2, -0.15) is 13.5 Å². The minimum atomic E-state index is -3.75. The first-order chi connectivity index (χ1) is 10.7. The van der Waals surface area contributed by atoms with E-state index in [1.165, 1.54) is 12.3 Å². The van der Waals surface area contributed by atoms with Crippen LogP contribution in [-0.4, -0.2) is 23.4 Å². The van der Waals surface area contributed by atoms with Crippen LogP contribution < -0.4 is 4.72 Å². The van der Waals surface area contributed by atoms with Gasteiger partial charge in [-0.15, -0.1) is 0 Å². The van der Waals surface area contributed by atoms with E-state index in [0.717, 1.165) is 19.3 Å². The Morgan fingerprint density at radius 2 is 2.04 bits per heavy atom. The van der Waals surface area contributed by atoms with Crippen LogP contribution >= 0.6 is 0 Å². The SMILES string of the molecule is Cc1c(NS(=O)(=O)c2ccnn2C2CCC2)noc1C(C)(C)C. The second-order valence-corrected chi connectivity index (χ2v) is 8.67. The van der Waals surface area contributed by atoms with E-state index in [1.807, 2.05) is 20.8 Å². The zero-order valence-electron chi connectivity index (χ0n) is 13.8. The van der Waals surface area contributed by atoms with Crippen LogP contribution in [0.25, 0.3) is 0 Å². The van der Waals surface area contributed by atoms with Crippen LogP contribution in [0.5, 0.6) is 0 Å². The maximum atomic E-state index is 12.7. The molecule has 0 aromatic carbocycles. The predicted molar refractivity (Wildman–Crippen MR) is 85.9 cm³/mol. The van der Waals surface area contributed by atoms with Gasteiger partial charge >= 0.3 is 0 Å². The lowest BCUT2D eigenvalue weighted by Gasteiger charge is -2.27. The molecule has 0 aliphatic heterocycles. The molecule has 0 saturated heterocycles. The number of nitrogens with one attached hydrogen (secondary N) is 1. The molecule has 3 rings (SSSR count). The van der Waals surface area contributed by atoms with Gasteiger partial charge in [0.15, 0.2) is 10.8 Å². The highest BCUT2D eigenvalue weighted by atomic mass is 32.2. The summed E-state index contributed by atoms with van der Waals surface area (Å²) in [5.41, 5.74) is 0.463. The van der Waals surface area contributed by atoms with Gasteiger partial charge in [-0.25, -0.2) is 4.68 Å². The molecule has 126 valence electrons. The van der Waals surface area contributed by atoms with Crippen molar-refractivity contribution in [2.24, 2.45) is 0 Å². The fourth-order valence-electron chi connectivity index (χ4n) is 2.73. The van der Waals surface area contributed by atoms with Crippen LogP contribution in [0.3, 0.4) is 0 Å². The predicted octanol–water partition coefficient (Wildman–Crippen LogP) is 3.00. The molecular weight excluding hydrogens is 316 g/mol. The number of anilines is 1. The molecule has 1 N–H and O–H groups in total. The minimum absolute atomic E-state index is 0.167. The molecule has 2 heterocycles. The van der Waals surface area contributed by atoms with Gasteiger partial charge < -0.3 is 4.52 Å². The summed E-state index contributed by atoms with van der Waals surface area (Å²) in [6.45, 7) is 7.78. The van der Waals surface area contributed by atoms with Crippen molar-refractivity contribution in [2.45, 2.75) is 63.4 Å². The lowest BCUT2D eigenvalue weighted by molar-refractivity contribution is 0.271. The molecule has 1 saturated carbocycles. The molecule has 8 heteroatoms. The molecule has 1 fully saturated rings. The van der Waals surface area contributed by atoms with Gasteiger partial charge in [0.05, 0.1) is 12.2 Å². The fourth-order valence-corrected chi connectivity index (χ4v) is 3.96. The highest BCUT2D eigenvalue weighted by Crippen LogP contribution is 2.34. The van der Waals surface area contributed by atoms with Gasteiger partial charge in [0.2, 0.25) is 0 Å². The Labute approximate surface area is 136 Å². The van der Waals surface area contributed by atoms with Gasteiger partial charge in [-0.1, -0.05) is 25.9 Å². The topological polar surface area (TPSA) is 90.0 Å². The summed E-state index contributed by atoms with van der Waals surface area (Å²) in [5, 5.41) is 8.23. The van der Waals surface area contributed by atoms with Crippen LogP contribution in [-0.2, 0) is 15.4 Å². The second-order valence-electron chi connectivity index (χ2n) is 7.04. The van der Waals surface area contributed by atoms with Crippen LogP contribution in [0.15, 0.2) is 21.8 Å². The quantitative estimate of drug-likeness (QED) is 0.925. The Bertz CT molecular complexity index is 810. The van der Waals surface area contributed by atoms with Gasteiger partial charge in [0, 0.05) is 11.0 Å². The van der Waals surface area contributed by atoms with Crippen LogP contribution in [0.2, 0.25) is 0 Å². The molecular formula is C15H22N4O3S. The van der Waals surface area contributed by atoms with Crippen molar-refractivity contribution in [3.63, 3.8) is 0 Å². The van der Waals surface area contributed by atoms with E-state index in [2.05, 4.69) is 15.0 Å². The van der Waals surface area contributed by atoms with E-state index in [0.29, 0.717) is 11.3 Å². The number of nitrogens with zero attached hydrogens (tertiary/aromatic N) is 3. The molecule has 1 aliphatic carbocycles. The maximum absolute atomic E-state index is 12.7. The van der Waals surface area contributed by atoms with E-state index >= 15 is 0 Å². The first-order valence-corrected chi connectivity index (χ1v) is 9.21. The number of hydrogen-bond acceptors (Lipinski definition) is 5. The van der Waals surface area contributed by atoms with Crippen molar-refractivity contribution < 1.29 is 12.9 Å². The van der Waals surface area contributed by atoms with Gasteiger partial charge in [-0.3, -0.25) is 4.72 Å². The average Bonchev–Trinajstić information content (AvgIpc) is 2.95. The lowest BCUT2D eigenvalue weighted by Crippen LogP contribution is -2.25. The van der Waals surface area contributed by atoms with Crippen molar-refractivity contribution in [3.05, 3.63) is 23.6 Å². The largest absolute Gasteiger partial charge is 0.358 e. The van der Waals surface area contributed by atoms with Crippen LogP contribution in [0.1, 0.15) is 57.4 Å². The Morgan fingerprint density at radius 3 is 2.57 bits per heavy atom. The first kappa shape index (κ1) is 16.0. The second kappa shape index (κ2) is 5.36. The Morgan fingerprint density at radius 1 is 1.35 bits per heavy atom. The van der Waals surface area contributed by atoms with Crippen LogP contribution in [0, 0.1) is 6.92 Å². The molecule has 0 unspecified atom stereocenters. The monoisotopic (exact) mass is 338 g/mol. The Hall–Kier alpha value is -1.83. The highest BCUT2D eigenvalue weighted by molar-refractivity contribution is 7.92. The van der Waals surface area contributed by atoms with Gasteiger partial charge in [0.25, 0.3) is 10.0 Å². The fraction of sp³-hybridized carbons (Fsp3) is 0.600. The van der Waals surface area contributed by atoms with Crippen molar-refractivity contribution in [1.29, 1.82) is 0 Å². The van der Waals surface area contributed by atoms with Crippen molar-refractivity contribution >= 4 is 15.8 Å². The summed E-state index contributed by atoms with van der Waals surface area (Å²) in [6.07, 6.45) is 4.54. The van der Waals surface area contributed by atoms with Crippen LogP contribution in [0.4, 0.5) is 5.82 Å². The summed E-state index contributed by atoms with van der Waals surface area (Å²) >= 11 is 0. The number of aromatic nitrogens is 3. The first-order valence-electron chi connectivity index (χ1n) is 7.73. The summed E-state index contributed by atoms with van der Waals surface area (Å²) < 4.78 is 34.8. The Balaban J connectivity index is 1.91. The average molecular weight is 338 g/mol. The lowest BCUT2D eigenvalue weighted by atomic mass is 9.91. The number of sulfonamides is 1. The van der Waals surface area contributed by atoms with Crippen molar-refractivity contribution in [1.82, 2.24) is 14.9 Å². The summed E-state index contributed by atoms with van der Waals surface area (Å²) in [7, 11) is -3.75. The highest BCUT2D eigenvalue weighted by Gasteiger charge is 2.30. The third kappa shape index (κ3) is 2.87. The third-order valence-electron chi connectivity index (χ3n) is 4.17. The van der Waals surface area contributed by atoms with Crippen molar-refractivity contribution in [3.8, 4) is 0 Å². The number of hydrogen-bond donors (Lipinski definition) is 1. The van der Waals surface area contributed by atoms with Gasteiger partial charge in [-0.05, 0) is 32.3 Å². The van der Waals surface area contributed by atoms with E-state index < -0.39 is 10.0 Å². The molecule has 1 aliphatic rings. The smallest absolute Gasteiger partial charge is 0.280 e. The van der Waals surface area contributed by atoms with Gasteiger partial charge in [0.1, 0.15) is 5.76 Å². The molecule has 2 aromatic rings. The molecule has 0 atom stereocenters.